The van der Waals surface area contributed by atoms with E-state index in [1.807, 2.05) is 0 Å². The van der Waals surface area contributed by atoms with Crippen molar-refractivity contribution in [3.8, 4) is 5.69 Å². The van der Waals surface area contributed by atoms with Gasteiger partial charge in [-0.2, -0.15) is 0 Å². The number of imidazole rings is 1. The van der Waals surface area contributed by atoms with E-state index in [2.05, 4.69) is 25.6 Å². The fourth-order valence-corrected chi connectivity index (χ4v) is 3.57. The van der Waals surface area contributed by atoms with E-state index in [1.165, 1.54) is 0 Å². The first-order valence-electron chi connectivity index (χ1n) is 9.74. The summed E-state index contributed by atoms with van der Waals surface area (Å²) in [7, 11) is 0. The topological polar surface area (TPSA) is 137 Å². The predicted molar refractivity (Wildman–Crippen MR) is 111 cm³/mol. The van der Waals surface area contributed by atoms with Gasteiger partial charge in [-0.25, -0.2) is 14.4 Å². The van der Waals surface area contributed by atoms with Crippen LogP contribution in [0.4, 0.5) is 21.7 Å². The summed E-state index contributed by atoms with van der Waals surface area (Å²) in [6.45, 7) is 0. The monoisotopic (exact) mass is 410 g/mol. The minimum atomic E-state index is -0.788. The van der Waals surface area contributed by atoms with E-state index in [0.29, 0.717) is 5.69 Å². The van der Waals surface area contributed by atoms with Crippen LogP contribution in [0, 0.1) is 5.82 Å². The predicted octanol–water partition coefficient (Wildman–Crippen LogP) is 2.33. The SMILES string of the molecule is NC(=O)c1cc(F)c(NC2CCCCC2N)nc1Nc1cncc(-n2ccnc2)c1. The number of pyridine rings is 2. The largest absolute Gasteiger partial charge is 0.365 e. The lowest BCUT2D eigenvalue weighted by molar-refractivity contribution is 0.100. The third-order valence-corrected chi connectivity index (χ3v) is 5.17. The first kappa shape index (κ1) is 19.8. The molecule has 0 bridgehead atoms. The number of aromatic nitrogens is 4. The number of carbonyl (C=O) groups is 1. The smallest absolute Gasteiger partial charge is 0.252 e. The van der Waals surface area contributed by atoms with E-state index in [9.17, 15) is 9.18 Å². The summed E-state index contributed by atoms with van der Waals surface area (Å²) >= 11 is 0. The zero-order valence-electron chi connectivity index (χ0n) is 16.3. The summed E-state index contributed by atoms with van der Waals surface area (Å²) in [4.78, 5) is 24.4. The molecule has 0 spiro atoms. The molecule has 9 nitrogen and oxygen atoms in total. The third kappa shape index (κ3) is 4.23. The lowest BCUT2D eigenvalue weighted by atomic mass is 9.91. The van der Waals surface area contributed by atoms with Crippen molar-refractivity contribution in [1.82, 2.24) is 19.5 Å². The van der Waals surface area contributed by atoms with Crippen LogP contribution in [-0.4, -0.2) is 37.5 Å². The van der Waals surface area contributed by atoms with Gasteiger partial charge in [0.05, 0.1) is 35.7 Å². The average Bonchev–Trinajstić information content (AvgIpc) is 3.27. The normalized spacial score (nSPS) is 18.7. The van der Waals surface area contributed by atoms with Crippen LogP contribution < -0.4 is 22.1 Å². The maximum absolute atomic E-state index is 14.6. The second-order valence-electron chi connectivity index (χ2n) is 7.31. The lowest BCUT2D eigenvalue weighted by Gasteiger charge is -2.30. The van der Waals surface area contributed by atoms with Gasteiger partial charge in [-0.3, -0.25) is 9.78 Å². The third-order valence-electron chi connectivity index (χ3n) is 5.17. The van der Waals surface area contributed by atoms with E-state index in [4.69, 9.17) is 11.5 Å². The van der Waals surface area contributed by atoms with E-state index in [-0.39, 0.29) is 29.3 Å². The summed E-state index contributed by atoms with van der Waals surface area (Å²) in [6, 6.07) is 2.72. The summed E-state index contributed by atoms with van der Waals surface area (Å²) in [5, 5.41) is 6.12. The van der Waals surface area contributed by atoms with Crippen molar-refractivity contribution in [1.29, 1.82) is 0 Å². The number of primary amides is 1. The first-order valence-corrected chi connectivity index (χ1v) is 9.74. The summed E-state index contributed by atoms with van der Waals surface area (Å²) in [5.41, 5.74) is 12.9. The van der Waals surface area contributed by atoms with Crippen molar-refractivity contribution in [2.75, 3.05) is 10.6 Å². The van der Waals surface area contributed by atoms with Crippen molar-refractivity contribution >= 4 is 23.2 Å². The van der Waals surface area contributed by atoms with Gasteiger partial charge in [-0.1, -0.05) is 12.8 Å². The number of carbonyl (C=O) groups excluding carboxylic acids is 1. The van der Waals surface area contributed by atoms with Crippen LogP contribution in [0.15, 0.2) is 43.2 Å². The maximum Gasteiger partial charge on any atom is 0.252 e. The molecule has 30 heavy (non-hydrogen) atoms. The fourth-order valence-electron chi connectivity index (χ4n) is 3.57. The van der Waals surface area contributed by atoms with Crippen LogP contribution in [0.2, 0.25) is 0 Å². The summed E-state index contributed by atoms with van der Waals surface area (Å²) in [5.74, 6) is -1.27. The van der Waals surface area contributed by atoms with Gasteiger partial charge in [-0.05, 0) is 25.0 Å². The molecule has 4 rings (SSSR count). The Morgan fingerprint density at radius 3 is 2.73 bits per heavy atom. The molecule has 2 unspecified atom stereocenters. The molecule has 1 amide bonds. The Bertz CT molecular complexity index is 1040. The molecule has 6 N–H and O–H groups in total. The number of amides is 1. The van der Waals surface area contributed by atoms with Crippen molar-refractivity contribution in [2.45, 2.75) is 37.8 Å². The van der Waals surface area contributed by atoms with Gasteiger partial charge in [0.2, 0.25) is 0 Å². The molecule has 2 atom stereocenters. The fraction of sp³-hybridized carbons (Fsp3) is 0.300. The molecular formula is C20H23FN8O. The van der Waals surface area contributed by atoms with Crippen LogP contribution in [0.3, 0.4) is 0 Å². The number of hydrogen-bond donors (Lipinski definition) is 4. The van der Waals surface area contributed by atoms with Crippen LogP contribution in [0.5, 0.6) is 0 Å². The standard InChI is InChI=1S/C20H23FN8O/c21-15-8-14(18(23)30)19(28-20(15)27-17-4-2-1-3-16(17)22)26-12-7-13(10-25-9-12)29-6-5-24-11-29/h5-11,16-17H,1-4,22H2,(H2,23,30)(H2,26,27,28). The molecule has 0 saturated heterocycles. The molecule has 3 aromatic rings. The highest BCUT2D eigenvalue weighted by molar-refractivity contribution is 5.98. The second kappa shape index (κ2) is 8.46. The molecule has 0 aliphatic heterocycles. The zero-order valence-corrected chi connectivity index (χ0v) is 16.3. The Balaban J connectivity index is 1.64. The maximum atomic E-state index is 14.6. The average molecular weight is 410 g/mol. The molecule has 3 heterocycles. The molecule has 1 aliphatic carbocycles. The van der Waals surface area contributed by atoms with E-state index >= 15 is 0 Å². The molecular weight excluding hydrogens is 387 g/mol. The van der Waals surface area contributed by atoms with Crippen molar-refractivity contribution in [3.63, 3.8) is 0 Å². The number of hydrogen-bond acceptors (Lipinski definition) is 7. The molecule has 10 heteroatoms. The Hall–Kier alpha value is -3.53. The van der Waals surface area contributed by atoms with Gasteiger partial charge < -0.3 is 26.7 Å². The summed E-state index contributed by atoms with van der Waals surface area (Å²) in [6.07, 6.45) is 12.1. The van der Waals surface area contributed by atoms with Gasteiger partial charge in [0.15, 0.2) is 11.6 Å². The van der Waals surface area contributed by atoms with E-state index in [0.717, 1.165) is 37.4 Å². The number of halogens is 1. The van der Waals surface area contributed by atoms with Gasteiger partial charge in [-0.15, -0.1) is 0 Å². The first-order chi connectivity index (χ1) is 14.5. The molecule has 0 radical (unpaired) electrons. The number of anilines is 3. The molecule has 156 valence electrons. The van der Waals surface area contributed by atoms with E-state index in [1.54, 1.807) is 41.7 Å². The van der Waals surface area contributed by atoms with Crippen molar-refractivity contribution in [3.05, 3.63) is 54.6 Å². The number of rotatable bonds is 6. The minimum absolute atomic E-state index is 0.0311. The number of nitrogens with one attached hydrogen (secondary N) is 2. The quantitative estimate of drug-likeness (QED) is 0.489. The van der Waals surface area contributed by atoms with Crippen LogP contribution in [0.1, 0.15) is 36.0 Å². The highest BCUT2D eigenvalue weighted by Crippen LogP contribution is 2.27. The second-order valence-corrected chi connectivity index (χ2v) is 7.31. The Kier molecular flexibility index (Phi) is 5.57. The van der Waals surface area contributed by atoms with Gasteiger partial charge >= 0.3 is 0 Å². The zero-order chi connectivity index (χ0) is 21.1. The highest BCUT2D eigenvalue weighted by Gasteiger charge is 2.24. The van der Waals surface area contributed by atoms with Gasteiger partial charge in [0.25, 0.3) is 5.91 Å². The van der Waals surface area contributed by atoms with Crippen LogP contribution in [-0.2, 0) is 0 Å². The lowest BCUT2D eigenvalue weighted by Crippen LogP contribution is -2.43. The van der Waals surface area contributed by atoms with Crippen molar-refractivity contribution < 1.29 is 9.18 Å². The summed E-state index contributed by atoms with van der Waals surface area (Å²) < 4.78 is 16.4. The Labute approximate surface area is 172 Å². The highest BCUT2D eigenvalue weighted by atomic mass is 19.1. The minimum Gasteiger partial charge on any atom is -0.365 e. The van der Waals surface area contributed by atoms with Crippen LogP contribution >= 0.6 is 0 Å². The molecule has 1 fully saturated rings. The molecule has 1 saturated carbocycles. The van der Waals surface area contributed by atoms with E-state index < -0.39 is 11.7 Å². The van der Waals surface area contributed by atoms with Crippen molar-refractivity contribution in [2.24, 2.45) is 11.5 Å². The van der Waals surface area contributed by atoms with Gasteiger partial charge in [0, 0.05) is 24.5 Å². The number of nitrogens with two attached hydrogens (primary N) is 2. The van der Waals surface area contributed by atoms with Crippen LogP contribution in [0.25, 0.3) is 5.69 Å². The molecule has 1 aliphatic rings. The molecule has 3 aromatic heterocycles. The Morgan fingerprint density at radius 1 is 1.17 bits per heavy atom. The number of nitrogens with zero attached hydrogens (tertiary/aromatic N) is 4. The Morgan fingerprint density at radius 2 is 2.00 bits per heavy atom. The molecule has 0 aromatic carbocycles. The van der Waals surface area contributed by atoms with Gasteiger partial charge in [0.1, 0.15) is 5.82 Å².